The van der Waals surface area contributed by atoms with Gasteiger partial charge >= 0.3 is 6.18 Å². The number of phenolic OH excluding ortho intramolecular Hbond substituents is 1. The summed E-state index contributed by atoms with van der Waals surface area (Å²) in [7, 11) is 0. The van der Waals surface area contributed by atoms with Crippen LogP contribution in [0.15, 0.2) is 53.1 Å². The zero-order valence-electron chi connectivity index (χ0n) is 12.2. The summed E-state index contributed by atoms with van der Waals surface area (Å²) in [5, 5.41) is 12.0. The Morgan fingerprint density at radius 3 is 2.46 bits per heavy atom. The molecule has 2 aromatic heterocycles. The number of rotatable bonds is 4. The average Bonchev–Trinajstić information content (AvgIpc) is 3.08. The molecule has 3 aromatic rings. The topological polar surface area (TPSA) is 71.2 Å². The molecule has 3 rings (SSSR count). The summed E-state index contributed by atoms with van der Waals surface area (Å²) >= 11 is 0. The van der Waals surface area contributed by atoms with Crippen LogP contribution in [0.3, 0.4) is 0 Å². The maximum absolute atomic E-state index is 13.0. The van der Waals surface area contributed by atoms with Gasteiger partial charge in [0.1, 0.15) is 11.4 Å². The van der Waals surface area contributed by atoms with Crippen LogP contribution in [0.1, 0.15) is 11.3 Å². The Bertz CT molecular complexity index is 816. The second-order valence-electron chi connectivity index (χ2n) is 4.96. The van der Waals surface area contributed by atoms with E-state index in [-0.39, 0.29) is 29.7 Å². The number of aromatic nitrogens is 2. The predicted molar refractivity (Wildman–Crippen MR) is 80.2 cm³/mol. The molecule has 0 atom stereocenters. The molecular weight excluding hydrogens is 323 g/mol. The summed E-state index contributed by atoms with van der Waals surface area (Å²) in [6.07, 6.45) is -3.24. The molecule has 0 bridgehead atoms. The summed E-state index contributed by atoms with van der Waals surface area (Å²) < 4.78 is 44.2. The number of hydrogen-bond acceptors (Lipinski definition) is 5. The Morgan fingerprint density at radius 2 is 1.83 bits per heavy atom. The molecular formula is C16H12F3N3O2. The Labute approximate surface area is 134 Å². The van der Waals surface area contributed by atoms with E-state index in [9.17, 15) is 18.3 Å². The van der Waals surface area contributed by atoms with Gasteiger partial charge in [-0.25, -0.2) is 9.97 Å². The number of nitrogens with zero attached hydrogens (tertiary/aromatic N) is 2. The van der Waals surface area contributed by atoms with Gasteiger partial charge in [0.2, 0.25) is 5.95 Å². The van der Waals surface area contributed by atoms with E-state index in [0.717, 1.165) is 11.6 Å². The number of anilines is 1. The lowest BCUT2D eigenvalue weighted by atomic mass is 10.2. The minimum Gasteiger partial charge on any atom is -0.508 e. The van der Waals surface area contributed by atoms with Crippen LogP contribution in [-0.4, -0.2) is 15.1 Å². The quantitative estimate of drug-likeness (QED) is 0.752. The minimum atomic E-state index is -4.60. The highest BCUT2D eigenvalue weighted by atomic mass is 19.4. The number of nitrogens with one attached hydrogen (secondary N) is 1. The Morgan fingerprint density at radius 1 is 1.08 bits per heavy atom. The van der Waals surface area contributed by atoms with Gasteiger partial charge in [0, 0.05) is 6.54 Å². The molecule has 0 spiro atoms. The predicted octanol–water partition coefficient (Wildman–Crippen LogP) is 4.07. The molecule has 0 saturated heterocycles. The van der Waals surface area contributed by atoms with Gasteiger partial charge < -0.3 is 14.8 Å². The molecule has 5 nitrogen and oxygen atoms in total. The highest BCUT2D eigenvalue weighted by molar-refractivity contribution is 5.54. The smallest absolute Gasteiger partial charge is 0.433 e. The van der Waals surface area contributed by atoms with Gasteiger partial charge in [-0.1, -0.05) is 12.1 Å². The normalized spacial score (nSPS) is 11.5. The van der Waals surface area contributed by atoms with Crippen molar-refractivity contribution in [1.29, 1.82) is 0 Å². The fourth-order valence-electron chi connectivity index (χ4n) is 2.02. The van der Waals surface area contributed by atoms with Crippen LogP contribution in [0.5, 0.6) is 5.75 Å². The van der Waals surface area contributed by atoms with Crippen molar-refractivity contribution in [1.82, 2.24) is 9.97 Å². The fourth-order valence-corrected chi connectivity index (χ4v) is 2.02. The minimum absolute atomic E-state index is 0.0375. The van der Waals surface area contributed by atoms with E-state index in [1.165, 1.54) is 24.5 Å². The van der Waals surface area contributed by atoms with Gasteiger partial charge in [-0.2, -0.15) is 13.2 Å². The zero-order valence-corrected chi connectivity index (χ0v) is 12.2. The lowest BCUT2D eigenvalue weighted by Gasteiger charge is -2.11. The van der Waals surface area contributed by atoms with E-state index in [1.807, 2.05) is 0 Å². The lowest BCUT2D eigenvalue weighted by molar-refractivity contribution is -0.141. The van der Waals surface area contributed by atoms with Gasteiger partial charge in [0.05, 0.1) is 6.26 Å². The SMILES string of the molecule is Oc1ccc(CNc2nc(-c3ccco3)cc(C(F)(F)F)n2)cc1. The maximum Gasteiger partial charge on any atom is 0.433 e. The maximum atomic E-state index is 13.0. The average molecular weight is 335 g/mol. The molecule has 24 heavy (non-hydrogen) atoms. The number of phenols is 1. The number of benzene rings is 1. The number of alkyl halides is 3. The second kappa shape index (κ2) is 6.23. The molecule has 2 N–H and O–H groups in total. The molecule has 1 aromatic carbocycles. The van der Waals surface area contributed by atoms with Crippen LogP contribution in [0.25, 0.3) is 11.5 Å². The van der Waals surface area contributed by atoms with Gasteiger partial charge in [0.15, 0.2) is 11.5 Å². The first-order chi connectivity index (χ1) is 11.4. The van der Waals surface area contributed by atoms with Crippen LogP contribution in [-0.2, 0) is 12.7 Å². The summed E-state index contributed by atoms with van der Waals surface area (Å²) in [5.74, 6) is 0.161. The highest BCUT2D eigenvalue weighted by Crippen LogP contribution is 2.31. The molecule has 2 heterocycles. The van der Waals surface area contributed by atoms with Gasteiger partial charge in [-0.3, -0.25) is 0 Å². The van der Waals surface area contributed by atoms with Crippen LogP contribution in [0.4, 0.5) is 19.1 Å². The summed E-state index contributed by atoms with van der Waals surface area (Å²) in [5.41, 5.74) is -0.263. The summed E-state index contributed by atoms with van der Waals surface area (Å²) in [6.45, 7) is 0.208. The van der Waals surface area contributed by atoms with E-state index >= 15 is 0 Å². The van der Waals surface area contributed by atoms with Crippen molar-refractivity contribution in [3.8, 4) is 17.2 Å². The molecule has 0 unspecified atom stereocenters. The summed E-state index contributed by atoms with van der Waals surface area (Å²) in [6, 6.07) is 10.2. The first-order valence-corrected chi connectivity index (χ1v) is 6.94. The van der Waals surface area contributed by atoms with Gasteiger partial charge in [-0.05, 0) is 35.9 Å². The van der Waals surface area contributed by atoms with Crippen molar-refractivity contribution in [2.75, 3.05) is 5.32 Å². The van der Waals surface area contributed by atoms with E-state index in [1.54, 1.807) is 18.2 Å². The fraction of sp³-hybridized carbons (Fsp3) is 0.125. The standard InChI is InChI=1S/C16H12F3N3O2/c17-16(18,19)14-8-12(13-2-1-7-24-13)21-15(22-14)20-9-10-3-5-11(23)6-4-10/h1-8,23H,9H2,(H,20,21,22). The molecule has 124 valence electrons. The molecule has 0 fully saturated rings. The first-order valence-electron chi connectivity index (χ1n) is 6.94. The first kappa shape index (κ1) is 15.9. The number of furan rings is 1. The molecule has 0 saturated carbocycles. The van der Waals surface area contributed by atoms with Crippen molar-refractivity contribution >= 4 is 5.95 Å². The molecule has 0 amide bonds. The van der Waals surface area contributed by atoms with Crippen molar-refractivity contribution < 1.29 is 22.7 Å². The van der Waals surface area contributed by atoms with Crippen LogP contribution in [0, 0.1) is 0 Å². The molecule has 0 radical (unpaired) electrons. The zero-order chi connectivity index (χ0) is 17.2. The van der Waals surface area contributed by atoms with Crippen LogP contribution >= 0.6 is 0 Å². The van der Waals surface area contributed by atoms with E-state index in [4.69, 9.17) is 4.42 Å². The molecule has 0 aliphatic carbocycles. The summed E-state index contributed by atoms with van der Waals surface area (Å²) in [4.78, 5) is 7.57. The van der Waals surface area contributed by atoms with Crippen LogP contribution in [0.2, 0.25) is 0 Å². The Kier molecular flexibility index (Phi) is 4.11. The second-order valence-corrected chi connectivity index (χ2v) is 4.96. The molecule has 0 aliphatic heterocycles. The van der Waals surface area contributed by atoms with Gasteiger partial charge in [0.25, 0.3) is 0 Å². The third kappa shape index (κ3) is 3.65. The van der Waals surface area contributed by atoms with Crippen LogP contribution < -0.4 is 5.32 Å². The highest BCUT2D eigenvalue weighted by Gasteiger charge is 2.34. The van der Waals surface area contributed by atoms with Crippen molar-refractivity contribution in [2.24, 2.45) is 0 Å². The van der Waals surface area contributed by atoms with E-state index in [2.05, 4.69) is 15.3 Å². The number of aromatic hydroxyl groups is 1. The number of halogens is 3. The Balaban J connectivity index is 1.88. The molecule has 0 aliphatic rings. The van der Waals surface area contributed by atoms with Gasteiger partial charge in [-0.15, -0.1) is 0 Å². The van der Waals surface area contributed by atoms with E-state index in [0.29, 0.717) is 0 Å². The monoisotopic (exact) mass is 335 g/mol. The van der Waals surface area contributed by atoms with Crippen molar-refractivity contribution in [3.05, 3.63) is 60.0 Å². The molecule has 8 heteroatoms. The third-order valence-corrected chi connectivity index (χ3v) is 3.18. The largest absolute Gasteiger partial charge is 0.508 e. The lowest BCUT2D eigenvalue weighted by Crippen LogP contribution is -2.12. The number of hydrogen-bond donors (Lipinski definition) is 2. The Hall–Kier alpha value is -3.03. The third-order valence-electron chi connectivity index (χ3n) is 3.18. The van der Waals surface area contributed by atoms with E-state index < -0.39 is 11.9 Å². The van der Waals surface area contributed by atoms with Crippen molar-refractivity contribution in [2.45, 2.75) is 12.7 Å². The van der Waals surface area contributed by atoms with Crippen molar-refractivity contribution in [3.63, 3.8) is 0 Å².